The van der Waals surface area contributed by atoms with Crippen LogP contribution in [0.1, 0.15) is 13.8 Å². The van der Waals surface area contributed by atoms with E-state index >= 15 is 0 Å². The first kappa shape index (κ1) is 29.1. The number of imidazole rings is 1. The first-order chi connectivity index (χ1) is 20.7. The van der Waals surface area contributed by atoms with Gasteiger partial charge in [0.2, 0.25) is 6.71 Å². The molecule has 6 rings (SSSR count). The van der Waals surface area contributed by atoms with Crippen LogP contribution in [0.3, 0.4) is 0 Å². The van der Waals surface area contributed by atoms with E-state index < -0.39 is 8.07 Å². The van der Waals surface area contributed by atoms with Gasteiger partial charge in [0.1, 0.15) is 8.07 Å². The zero-order valence-electron chi connectivity index (χ0n) is 24.6. The summed E-state index contributed by atoms with van der Waals surface area (Å²) in [6.45, 7) is 4.98. The highest BCUT2D eigenvalue weighted by molar-refractivity contribution is 7.01. The minimum atomic E-state index is -1.89. The predicted molar refractivity (Wildman–Crippen MR) is 184 cm³/mol. The second-order valence-electron chi connectivity index (χ2n) is 11.3. The van der Waals surface area contributed by atoms with Gasteiger partial charge in [-0.1, -0.05) is 192 Å². The lowest BCUT2D eigenvalue weighted by molar-refractivity contribution is 0.710. The van der Waals surface area contributed by atoms with Crippen LogP contribution in [0.2, 0.25) is 6.04 Å². The van der Waals surface area contributed by atoms with Gasteiger partial charge in [0.15, 0.2) is 0 Å². The van der Waals surface area contributed by atoms with Crippen LogP contribution in [0.15, 0.2) is 170 Å². The molecule has 0 unspecified atom stereocenters. The molecule has 2 nitrogen and oxygen atoms in total. The van der Waals surface area contributed by atoms with Crippen LogP contribution in [0.5, 0.6) is 0 Å². The summed E-state index contributed by atoms with van der Waals surface area (Å²) in [6.07, 6.45) is 6.96. The van der Waals surface area contributed by atoms with Crippen molar-refractivity contribution < 1.29 is 0 Å². The fourth-order valence-electron chi connectivity index (χ4n) is 6.07. The van der Waals surface area contributed by atoms with E-state index in [0.29, 0.717) is 12.6 Å². The maximum Gasteiger partial charge on any atom is 0.241 e. The van der Waals surface area contributed by atoms with Crippen LogP contribution in [0, 0.1) is 5.92 Å². The number of hydrogen-bond acceptors (Lipinski definition) is 1. The number of nitrogens with zero attached hydrogens (tertiary/aromatic N) is 2. The molecule has 42 heavy (non-hydrogen) atoms. The standard InChI is InChI=1S/C20H24N2Si.C18H15B/c1-18(2)15-23(17-22-14-13-21-16-22,19-9-5-3-6-10-19)20-11-7-4-8-12-20;1-4-10-16(11-5-1)19(17-12-6-2-7-13-17)18-14-8-3-9-15-18/h3-14,16,18H,15,17H2,1-2H3;1-15H. The molecule has 0 N–H and O–H groups in total. The predicted octanol–water partition coefficient (Wildman–Crippen LogP) is 5.54. The third kappa shape index (κ3) is 7.26. The van der Waals surface area contributed by atoms with Crippen molar-refractivity contribution in [1.82, 2.24) is 9.55 Å². The molecule has 0 bridgehead atoms. The third-order valence-electron chi connectivity index (χ3n) is 7.82. The molecular formula is C38H39BN2Si. The highest BCUT2D eigenvalue weighted by Crippen LogP contribution is 2.20. The zero-order chi connectivity index (χ0) is 29.0. The molecule has 0 saturated carbocycles. The highest BCUT2D eigenvalue weighted by Gasteiger charge is 2.38. The van der Waals surface area contributed by atoms with E-state index in [-0.39, 0.29) is 0 Å². The monoisotopic (exact) mass is 562 g/mol. The summed E-state index contributed by atoms with van der Waals surface area (Å²) in [4.78, 5) is 4.26. The minimum absolute atomic E-state index is 0.309. The van der Waals surface area contributed by atoms with Crippen LogP contribution in [-0.2, 0) is 6.17 Å². The van der Waals surface area contributed by atoms with Crippen LogP contribution < -0.4 is 26.8 Å². The van der Waals surface area contributed by atoms with E-state index in [1.54, 1.807) is 0 Å². The maximum atomic E-state index is 4.26. The van der Waals surface area contributed by atoms with Gasteiger partial charge in [-0.2, -0.15) is 0 Å². The summed E-state index contributed by atoms with van der Waals surface area (Å²) in [5.74, 6) is 0.658. The van der Waals surface area contributed by atoms with Gasteiger partial charge in [0, 0.05) is 18.6 Å². The van der Waals surface area contributed by atoms with Gasteiger partial charge >= 0.3 is 0 Å². The molecule has 0 amide bonds. The first-order valence-corrected chi connectivity index (χ1v) is 17.3. The minimum Gasteiger partial charge on any atom is -0.340 e. The quantitative estimate of drug-likeness (QED) is 0.212. The van der Waals surface area contributed by atoms with Gasteiger partial charge in [-0.3, -0.25) is 0 Å². The van der Waals surface area contributed by atoms with Gasteiger partial charge in [0.25, 0.3) is 0 Å². The van der Waals surface area contributed by atoms with E-state index in [1.807, 2.05) is 12.5 Å². The van der Waals surface area contributed by atoms with E-state index in [0.717, 1.165) is 6.17 Å². The molecular weight excluding hydrogens is 523 g/mol. The lowest BCUT2D eigenvalue weighted by Gasteiger charge is -2.35. The fourth-order valence-corrected chi connectivity index (χ4v) is 11.2. The molecule has 0 fully saturated rings. The summed E-state index contributed by atoms with van der Waals surface area (Å²) >= 11 is 0. The van der Waals surface area contributed by atoms with Gasteiger partial charge < -0.3 is 4.57 Å². The number of benzene rings is 5. The van der Waals surface area contributed by atoms with Crippen molar-refractivity contribution in [3.63, 3.8) is 0 Å². The largest absolute Gasteiger partial charge is 0.340 e. The average molecular weight is 563 g/mol. The van der Waals surface area contributed by atoms with Crippen molar-refractivity contribution >= 4 is 41.5 Å². The van der Waals surface area contributed by atoms with Gasteiger partial charge in [-0.15, -0.1) is 0 Å². The molecule has 208 valence electrons. The third-order valence-corrected chi connectivity index (χ3v) is 13.1. The normalized spacial score (nSPS) is 11.0. The molecule has 1 aromatic heterocycles. The van der Waals surface area contributed by atoms with Crippen LogP contribution in [-0.4, -0.2) is 24.3 Å². The Bertz CT molecular complexity index is 1440. The lowest BCUT2D eigenvalue weighted by Crippen LogP contribution is -2.62. The number of aromatic nitrogens is 2. The van der Waals surface area contributed by atoms with Gasteiger partial charge in [-0.25, -0.2) is 4.98 Å². The van der Waals surface area contributed by atoms with Crippen LogP contribution >= 0.6 is 0 Å². The number of hydrogen-bond donors (Lipinski definition) is 0. The molecule has 0 saturated heterocycles. The van der Waals surface area contributed by atoms with Gasteiger partial charge in [0.05, 0.1) is 6.33 Å². The first-order valence-electron chi connectivity index (χ1n) is 14.9. The lowest BCUT2D eigenvalue weighted by atomic mass is 9.37. The Morgan fingerprint density at radius 3 is 1.29 bits per heavy atom. The molecule has 1 heterocycles. The summed E-state index contributed by atoms with van der Waals surface area (Å²) in [7, 11) is -1.89. The molecule has 5 aromatic carbocycles. The Kier molecular flexibility index (Phi) is 10.0. The van der Waals surface area contributed by atoms with E-state index in [4.69, 9.17) is 0 Å². The molecule has 0 aliphatic rings. The summed E-state index contributed by atoms with van der Waals surface area (Å²) < 4.78 is 2.26. The number of rotatable bonds is 9. The summed E-state index contributed by atoms with van der Waals surface area (Å²) in [5, 5.41) is 3.02. The van der Waals surface area contributed by atoms with Crippen molar-refractivity contribution in [2.45, 2.75) is 26.1 Å². The summed E-state index contributed by atoms with van der Waals surface area (Å²) in [6, 6.07) is 55.5. The van der Waals surface area contributed by atoms with E-state index in [1.165, 1.54) is 32.8 Å². The Morgan fingerprint density at radius 2 is 0.952 bits per heavy atom. The van der Waals surface area contributed by atoms with Crippen molar-refractivity contribution in [3.05, 3.63) is 170 Å². The maximum absolute atomic E-state index is 4.26. The Balaban J connectivity index is 0.000000171. The second kappa shape index (κ2) is 14.5. The van der Waals surface area contributed by atoms with E-state index in [9.17, 15) is 0 Å². The summed E-state index contributed by atoms with van der Waals surface area (Å²) in [5.41, 5.74) is 4.00. The van der Waals surface area contributed by atoms with Crippen molar-refractivity contribution in [3.8, 4) is 0 Å². The van der Waals surface area contributed by atoms with Crippen molar-refractivity contribution in [2.24, 2.45) is 5.92 Å². The molecule has 0 atom stereocenters. The molecule has 0 aliphatic carbocycles. The highest BCUT2D eigenvalue weighted by atomic mass is 28.3. The molecule has 6 aromatic rings. The smallest absolute Gasteiger partial charge is 0.241 e. The fraction of sp³-hybridized carbons (Fsp3) is 0.132. The Hall–Kier alpha value is -4.41. The molecule has 4 heteroatoms. The van der Waals surface area contributed by atoms with E-state index in [2.05, 4.69) is 181 Å². The van der Waals surface area contributed by atoms with Crippen molar-refractivity contribution in [2.75, 3.05) is 0 Å². The Labute approximate surface area is 252 Å². The molecule has 0 radical (unpaired) electrons. The Morgan fingerprint density at radius 1 is 0.571 bits per heavy atom. The molecule has 0 aliphatic heterocycles. The van der Waals surface area contributed by atoms with Gasteiger partial charge in [-0.05, 0) is 12.0 Å². The van der Waals surface area contributed by atoms with Crippen LogP contribution in [0.25, 0.3) is 0 Å². The topological polar surface area (TPSA) is 17.8 Å². The average Bonchev–Trinajstić information content (AvgIpc) is 3.56. The SMILES string of the molecule is CC(C)C[Si](Cn1ccnc1)(c1ccccc1)c1ccccc1.c1ccc(B(c2ccccc2)c2ccccc2)cc1. The van der Waals surface area contributed by atoms with Crippen molar-refractivity contribution in [1.29, 1.82) is 0 Å². The molecule has 0 spiro atoms. The van der Waals surface area contributed by atoms with Crippen LogP contribution in [0.4, 0.5) is 0 Å². The zero-order valence-corrected chi connectivity index (χ0v) is 25.6. The second-order valence-corrected chi connectivity index (χ2v) is 15.4.